The number of hydrogen-bond donors (Lipinski definition) is 5. The topological polar surface area (TPSA) is 200 Å². The molecule has 13 heteroatoms. The number of phenolic OH excluding ortho intramolecular Hbond substituents is 1. The van der Waals surface area contributed by atoms with Crippen molar-refractivity contribution in [1.82, 2.24) is 4.90 Å². The Morgan fingerprint density at radius 3 is 2.54 bits per heavy atom. The van der Waals surface area contributed by atoms with E-state index in [1.54, 1.807) is 6.07 Å². The van der Waals surface area contributed by atoms with Crippen molar-refractivity contribution in [1.29, 1.82) is 0 Å². The molecule has 0 aromatic heterocycles. The van der Waals surface area contributed by atoms with Gasteiger partial charge in [-0.05, 0) is 51.6 Å². The Kier molecular flexibility index (Phi) is 7.36. The molecule has 2 heterocycles. The minimum absolute atomic E-state index is 0.0336. The fraction of sp³-hybridized carbons (Fsp3) is 0.538. The summed E-state index contributed by atoms with van der Waals surface area (Å²) in [6.45, 7) is 4.29. The second kappa shape index (κ2) is 10.1. The number of carbonyl (C=O) groups is 4. The van der Waals surface area contributed by atoms with Gasteiger partial charge in [0.1, 0.15) is 5.76 Å². The highest BCUT2D eigenvalue weighted by molar-refractivity contribution is 5.86. The molecule has 0 saturated carbocycles. The largest absolute Gasteiger partial charge is 0.504 e. The number of benzene rings is 1. The maximum absolute atomic E-state index is 12.8. The van der Waals surface area contributed by atoms with Crippen LogP contribution in [0.1, 0.15) is 43.7 Å². The smallest absolute Gasteiger partial charge is 0.345 e. The Labute approximate surface area is 223 Å². The van der Waals surface area contributed by atoms with E-state index in [1.165, 1.54) is 12.1 Å². The lowest BCUT2D eigenvalue weighted by Gasteiger charge is -2.58. The first-order valence-electron chi connectivity index (χ1n) is 12.4. The maximum Gasteiger partial charge on any atom is 0.345 e. The Hall–Kier alpha value is -3.68. The number of piperidine rings is 1. The monoisotopic (exact) mass is 549 g/mol. The minimum atomic E-state index is -2.13. The third kappa shape index (κ3) is 4.60. The van der Waals surface area contributed by atoms with Crippen LogP contribution in [0.4, 0.5) is 0 Å². The number of carboxylic acid groups (broad SMARTS) is 2. The number of likely N-dealkylation sites (tertiary alicyclic amines) is 1. The van der Waals surface area contributed by atoms with Gasteiger partial charge in [-0.15, -0.1) is 0 Å². The first kappa shape index (κ1) is 28.3. The van der Waals surface area contributed by atoms with Crippen LogP contribution in [0.3, 0.4) is 0 Å². The fourth-order valence-corrected chi connectivity index (χ4v) is 5.98. The van der Waals surface area contributed by atoms with Crippen molar-refractivity contribution in [3.8, 4) is 11.5 Å². The summed E-state index contributed by atoms with van der Waals surface area (Å²) in [4.78, 5) is 48.8. The van der Waals surface area contributed by atoms with Gasteiger partial charge in [-0.25, -0.2) is 9.59 Å². The zero-order chi connectivity index (χ0) is 28.9. The van der Waals surface area contributed by atoms with Crippen LogP contribution in [-0.2, 0) is 34.1 Å². The van der Waals surface area contributed by atoms with Crippen molar-refractivity contribution >= 4 is 23.9 Å². The van der Waals surface area contributed by atoms with E-state index in [0.29, 0.717) is 18.5 Å². The molecule has 0 bridgehead atoms. The molecular weight excluding hydrogens is 518 g/mol. The van der Waals surface area contributed by atoms with Crippen LogP contribution in [0.15, 0.2) is 24.0 Å². The Morgan fingerprint density at radius 1 is 1.21 bits per heavy atom. The van der Waals surface area contributed by atoms with Crippen molar-refractivity contribution in [3.05, 3.63) is 35.1 Å². The number of aryl methyl sites for hydroxylation is 1. The van der Waals surface area contributed by atoms with Gasteiger partial charge in [0.2, 0.25) is 6.10 Å². The molecule has 1 fully saturated rings. The number of hydrogen-bond acceptors (Lipinski definition) is 11. The molecule has 4 rings (SSSR count). The first-order valence-corrected chi connectivity index (χ1v) is 12.4. The molecule has 2 aliphatic heterocycles. The summed E-state index contributed by atoms with van der Waals surface area (Å²) < 4.78 is 16.2. The van der Waals surface area contributed by atoms with Crippen molar-refractivity contribution in [2.75, 3.05) is 13.6 Å². The van der Waals surface area contributed by atoms with Crippen molar-refractivity contribution < 1.29 is 58.9 Å². The first-order chi connectivity index (χ1) is 18.2. The van der Waals surface area contributed by atoms with Gasteiger partial charge in [0.05, 0.1) is 23.9 Å². The van der Waals surface area contributed by atoms with Gasteiger partial charge in [-0.3, -0.25) is 9.59 Å². The normalized spacial score (nSPS) is 29.0. The van der Waals surface area contributed by atoms with E-state index in [1.807, 2.05) is 25.8 Å². The van der Waals surface area contributed by atoms with Crippen LogP contribution < -0.4 is 4.74 Å². The van der Waals surface area contributed by atoms with Crippen molar-refractivity contribution in [3.63, 3.8) is 0 Å². The third-order valence-electron chi connectivity index (χ3n) is 8.09. The number of ether oxygens (including phenoxy) is 3. The van der Waals surface area contributed by atoms with Crippen LogP contribution in [-0.4, -0.2) is 97.9 Å². The summed E-state index contributed by atoms with van der Waals surface area (Å²) >= 11 is 0. The molecule has 39 heavy (non-hydrogen) atoms. The summed E-state index contributed by atoms with van der Waals surface area (Å²) in [7, 11) is 1.89. The number of carbonyl (C=O) groups excluding carboxylic acids is 2. The number of likely N-dealkylation sites (N-methyl/N-ethyl adjacent to an activating group) is 1. The number of nitrogens with zero attached hydrogens (tertiary/aromatic N) is 1. The predicted octanol–water partition coefficient (Wildman–Crippen LogP) is 0.207. The van der Waals surface area contributed by atoms with Gasteiger partial charge in [0.25, 0.3) is 0 Å². The standard InChI is InChI=1S/C26H31NO12/c1-12-4-5-14(28)21-20(12)25-8-9-27(3)13(2)26(25,36)7-6-16(22(25)39-21)37-19(32)10-15(29)24(35)38-17(23(33)34)11-18(30)31/h4-6,13,15,17,22,28-29,36H,7-11H2,1-3H3,(H,30,31)(H,33,34)/t13-,15+,17-,22+,25+,26-/m1/s1. The van der Waals surface area contributed by atoms with E-state index < -0.39 is 66.0 Å². The molecule has 212 valence electrons. The Balaban J connectivity index is 1.58. The maximum atomic E-state index is 12.8. The van der Waals surface area contributed by atoms with Gasteiger partial charge in [-0.1, -0.05) is 6.07 Å². The van der Waals surface area contributed by atoms with Gasteiger partial charge in [0.15, 0.2) is 23.7 Å². The van der Waals surface area contributed by atoms with E-state index in [0.717, 1.165) is 5.56 Å². The molecule has 1 aromatic carbocycles. The molecule has 1 aromatic rings. The van der Waals surface area contributed by atoms with Crippen LogP contribution in [0.2, 0.25) is 0 Å². The van der Waals surface area contributed by atoms with E-state index in [9.17, 15) is 34.5 Å². The highest BCUT2D eigenvalue weighted by Crippen LogP contribution is 2.62. The summed E-state index contributed by atoms with van der Waals surface area (Å²) in [6.07, 6.45) is -5.13. The predicted molar refractivity (Wildman–Crippen MR) is 130 cm³/mol. The fourth-order valence-electron chi connectivity index (χ4n) is 5.98. The lowest BCUT2D eigenvalue weighted by Crippen LogP contribution is -2.71. The Bertz CT molecular complexity index is 1240. The molecule has 6 atom stereocenters. The summed E-state index contributed by atoms with van der Waals surface area (Å²) in [6, 6.07) is 2.87. The summed E-state index contributed by atoms with van der Waals surface area (Å²) in [5.74, 6) is -5.76. The zero-order valence-electron chi connectivity index (χ0n) is 21.6. The number of phenols is 1. The second-order valence-electron chi connectivity index (χ2n) is 10.3. The lowest BCUT2D eigenvalue weighted by atomic mass is 9.54. The van der Waals surface area contributed by atoms with Gasteiger partial charge in [0, 0.05) is 18.0 Å². The molecule has 1 spiro atoms. The van der Waals surface area contributed by atoms with Crippen LogP contribution in [0.5, 0.6) is 11.5 Å². The van der Waals surface area contributed by atoms with Crippen molar-refractivity contribution in [2.24, 2.45) is 0 Å². The number of aliphatic carboxylic acids is 2. The molecule has 3 aliphatic rings. The van der Waals surface area contributed by atoms with E-state index in [2.05, 4.69) is 4.74 Å². The molecule has 13 nitrogen and oxygen atoms in total. The van der Waals surface area contributed by atoms with E-state index in [4.69, 9.17) is 19.7 Å². The van der Waals surface area contributed by atoms with Crippen LogP contribution in [0.25, 0.3) is 0 Å². The zero-order valence-corrected chi connectivity index (χ0v) is 21.6. The average molecular weight is 550 g/mol. The number of fused-ring (bicyclic) bond motifs is 1. The number of carboxylic acids is 2. The second-order valence-corrected chi connectivity index (χ2v) is 10.3. The lowest BCUT2D eigenvalue weighted by molar-refractivity contribution is -0.175. The highest BCUT2D eigenvalue weighted by Gasteiger charge is 2.69. The summed E-state index contributed by atoms with van der Waals surface area (Å²) in [5, 5.41) is 50.7. The Morgan fingerprint density at radius 2 is 1.90 bits per heavy atom. The van der Waals surface area contributed by atoms with Crippen LogP contribution >= 0.6 is 0 Å². The number of rotatable bonds is 8. The van der Waals surface area contributed by atoms with E-state index >= 15 is 0 Å². The highest BCUT2D eigenvalue weighted by atomic mass is 16.6. The quantitative estimate of drug-likeness (QED) is 0.276. The average Bonchev–Trinajstić information content (AvgIpc) is 3.23. The number of aliphatic hydroxyl groups excluding tert-OH is 1. The summed E-state index contributed by atoms with van der Waals surface area (Å²) in [5.41, 5.74) is -1.03. The minimum Gasteiger partial charge on any atom is -0.504 e. The van der Waals surface area contributed by atoms with Crippen molar-refractivity contribution in [2.45, 2.75) is 74.9 Å². The van der Waals surface area contributed by atoms with Gasteiger partial charge >= 0.3 is 23.9 Å². The number of aromatic hydroxyl groups is 1. The molecule has 0 unspecified atom stereocenters. The molecule has 0 amide bonds. The SMILES string of the molecule is Cc1ccc(O)c2c1[C@]13CCN(C)[C@H](C)[C@]1(O)CC=C(OC(=O)C[C@H](O)C(=O)O[C@H](CC(=O)O)C(=O)O)[C@@H]3O2. The third-order valence-corrected chi connectivity index (χ3v) is 8.09. The molecule has 1 aliphatic carbocycles. The molecular formula is C26H31NO12. The van der Waals surface area contributed by atoms with E-state index in [-0.39, 0.29) is 29.7 Å². The van der Waals surface area contributed by atoms with Gasteiger partial charge < -0.3 is 44.6 Å². The molecule has 5 N–H and O–H groups in total. The number of esters is 2. The number of aliphatic hydroxyl groups is 2. The van der Waals surface area contributed by atoms with Gasteiger partial charge in [-0.2, -0.15) is 0 Å². The van der Waals surface area contributed by atoms with Crippen LogP contribution in [0, 0.1) is 6.92 Å². The molecule has 1 saturated heterocycles. The molecule has 0 radical (unpaired) electrons.